The molecule has 0 aliphatic rings. The zero-order chi connectivity index (χ0) is 12.0. The van der Waals surface area contributed by atoms with E-state index < -0.39 is 0 Å². The van der Waals surface area contributed by atoms with Gasteiger partial charge in [0.25, 0.3) is 0 Å². The summed E-state index contributed by atoms with van der Waals surface area (Å²) in [6, 6.07) is 4.44. The molecule has 88 valence electrons. The molecule has 1 aromatic rings. The molecule has 0 aliphatic heterocycles. The lowest BCUT2D eigenvalue weighted by molar-refractivity contribution is 0.627. The van der Waals surface area contributed by atoms with Gasteiger partial charge in [0, 0.05) is 11.0 Å². The summed E-state index contributed by atoms with van der Waals surface area (Å²) in [7, 11) is 0. The van der Waals surface area contributed by atoms with Gasteiger partial charge in [0.15, 0.2) is 5.11 Å². The highest BCUT2D eigenvalue weighted by atomic mass is 79.9. The first kappa shape index (κ1) is 13.4. The molecule has 0 saturated carbocycles. The predicted octanol–water partition coefficient (Wildman–Crippen LogP) is 3.67. The van der Waals surface area contributed by atoms with Crippen LogP contribution in [0, 0.1) is 5.82 Å². The lowest BCUT2D eigenvalue weighted by Crippen LogP contribution is -2.29. The lowest BCUT2D eigenvalue weighted by Gasteiger charge is -2.11. The fourth-order valence-corrected chi connectivity index (χ4v) is 1.80. The van der Waals surface area contributed by atoms with E-state index in [9.17, 15) is 4.39 Å². The Morgan fingerprint density at radius 3 is 2.88 bits per heavy atom. The van der Waals surface area contributed by atoms with Crippen molar-refractivity contribution in [3.63, 3.8) is 0 Å². The van der Waals surface area contributed by atoms with E-state index in [1.807, 2.05) is 0 Å². The van der Waals surface area contributed by atoms with Crippen molar-refractivity contribution < 1.29 is 4.39 Å². The molecule has 0 fully saturated rings. The van der Waals surface area contributed by atoms with E-state index in [1.54, 1.807) is 6.07 Å². The van der Waals surface area contributed by atoms with Gasteiger partial charge < -0.3 is 10.6 Å². The van der Waals surface area contributed by atoms with Gasteiger partial charge in [0.05, 0.1) is 5.69 Å². The Kier molecular flexibility index (Phi) is 5.69. The first-order valence-electron chi connectivity index (χ1n) is 5.13. The molecule has 0 aliphatic carbocycles. The van der Waals surface area contributed by atoms with Crippen LogP contribution in [0.25, 0.3) is 0 Å². The lowest BCUT2D eigenvalue weighted by atomic mass is 10.3. The van der Waals surface area contributed by atoms with Gasteiger partial charge in [-0.15, -0.1) is 0 Å². The van der Waals surface area contributed by atoms with Crippen molar-refractivity contribution in [2.24, 2.45) is 0 Å². The van der Waals surface area contributed by atoms with Gasteiger partial charge in [0.1, 0.15) is 5.82 Å². The maximum Gasteiger partial charge on any atom is 0.170 e. The highest BCUT2D eigenvalue weighted by molar-refractivity contribution is 9.10. The number of hydrogen-bond donors (Lipinski definition) is 2. The Bertz CT molecular complexity index is 371. The van der Waals surface area contributed by atoms with Gasteiger partial charge in [-0.3, -0.25) is 0 Å². The van der Waals surface area contributed by atoms with Gasteiger partial charge >= 0.3 is 0 Å². The van der Waals surface area contributed by atoms with Crippen molar-refractivity contribution in [2.75, 3.05) is 11.9 Å². The van der Waals surface area contributed by atoms with Crippen LogP contribution in [-0.4, -0.2) is 11.7 Å². The molecular weight excluding hydrogens is 291 g/mol. The summed E-state index contributed by atoms with van der Waals surface area (Å²) in [5.41, 5.74) is 0.760. The molecule has 1 rings (SSSR count). The monoisotopic (exact) mass is 304 g/mol. The summed E-state index contributed by atoms with van der Waals surface area (Å²) >= 11 is 8.37. The van der Waals surface area contributed by atoms with Crippen LogP contribution >= 0.6 is 28.1 Å². The van der Waals surface area contributed by atoms with Crippen LogP contribution in [0.4, 0.5) is 10.1 Å². The Morgan fingerprint density at radius 1 is 1.50 bits per heavy atom. The van der Waals surface area contributed by atoms with Crippen LogP contribution in [-0.2, 0) is 0 Å². The summed E-state index contributed by atoms with van der Waals surface area (Å²) in [6.45, 7) is 2.97. The molecule has 16 heavy (non-hydrogen) atoms. The number of hydrogen-bond acceptors (Lipinski definition) is 1. The van der Waals surface area contributed by atoms with Crippen LogP contribution in [0.15, 0.2) is 22.7 Å². The second-order valence-corrected chi connectivity index (χ2v) is 4.62. The number of nitrogens with one attached hydrogen (secondary N) is 2. The van der Waals surface area contributed by atoms with Crippen molar-refractivity contribution in [1.82, 2.24) is 5.32 Å². The molecule has 5 heteroatoms. The van der Waals surface area contributed by atoms with E-state index in [-0.39, 0.29) is 5.82 Å². The molecule has 0 radical (unpaired) electrons. The third kappa shape index (κ3) is 4.45. The summed E-state index contributed by atoms with van der Waals surface area (Å²) in [5, 5.41) is 6.64. The average molecular weight is 305 g/mol. The Morgan fingerprint density at radius 2 is 2.25 bits per heavy atom. The van der Waals surface area contributed by atoms with Crippen LogP contribution in [0.1, 0.15) is 19.8 Å². The van der Waals surface area contributed by atoms with Crippen molar-refractivity contribution in [3.8, 4) is 0 Å². The van der Waals surface area contributed by atoms with Crippen LogP contribution < -0.4 is 10.6 Å². The van der Waals surface area contributed by atoms with E-state index in [2.05, 4.69) is 33.5 Å². The normalized spacial score (nSPS) is 9.94. The smallest absolute Gasteiger partial charge is 0.170 e. The summed E-state index contributed by atoms with van der Waals surface area (Å²) in [5.74, 6) is -0.276. The number of rotatable bonds is 4. The second kappa shape index (κ2) is 6.81. The standard InChI is InChI=1S/C11H14BrFN2S/c1-2-3-6-14-11(16)15-10-5-4-8(13)7-9(10)12/h4-5,7H,2-3,6H2,1H3,(H2,14,15,16). The quantitative estimate of drug-likeness (QED) is 0.655. The highest BCUT2D eigenvalue weighted by Crippen LogP contribution is 2.22. The minimum absolute atomic E-state index is 0.276. The van der Waals surface area contributed by atoms with Gasteiger partial charge in [-0.2, -0.15) is 0 Å². The molecule has 0 bridgehead atoms. The molecule has 0 atom stereocenters. The average Bonchev–Trinajstić information content (AvgIpc) is 2.23. The Labute approximate surface area is 109 Å². The van der Waals surface area contributed by atoms with Gasteiger partial charge in [0.2, 0.25) is 0 Å². The fourth-order valence-electron chi connectivity index (χ4n) is 1.14. The second-order valence-electron chi connectivity index (χ2n) is 3.36. The van der Waals surface area contributed by atoms with Crippen LogP contribution in [0.5, 0.6) is 0 Å². The third-order valence-electron chi connectivity index (χ3n) is 2.00. The van der Waals surface area contributed by atoms with E-state index in [0.717, 1.165) is 25.1 Å². The molecule has 0 saturated heterocycles. The molecule has 0 spiro atoms. The summed E-state index contributed by atoms with van der Waals surface area (Å²) < 4.78 is 13.5. The van der Waals surface area contributed by atoms with E-state index in [0.29, 0.717) is 9.59 Å². The third-order valence-corrected chi connectivity index (χ3v) is 2.90. The summed E-state index contributed by atoms with van der Waals surface area (Å²) in [4.78, 5) is 0. The van der Waals surface area contributed by atoms with Crippen molar-refractivity contribution >= 4 is 38.9 Å². The molecule has 0 heterocycles. The highest BCUT2D eigenvalue weighted by Gasteiger charge is 2.02. The van der Waals surface area contributed by atoms with Crippen molar-refractivity contribution in [3.05, 3.63) is 28.5 Å². The number of halogens is 2. The molecule has 1 aromatic carbocycles. The number of anilines is 1. The molecule has 0 amide bonds. The zero-order valence-electron chi connectivity index (χ0n) is 9.02. The van der Waals surface area contributed by atoms with Gasteiger partial charge in [-0.05, 0) is 52.8 Å². The summed E-state index contributed by atoms with van der Waals surface area (Å²) in [6.07, 6.45) is 2.20. The minimum Gasteiger partial charge on any atom is -0.362 e. The first-order valence-corrected chi connectivity index (χ1v) is 6.33. The SMILES string of the molecule is CCCCNC(=S)Nc1ccc(F)cc1Br. The van der Waals surface area contributed by atoms with E-state index >= 15 is 0 Å². The Hall–Kier alpha value is -0.680. The molecule has 0 unspecified atom stereocenters. The van der Waals surface area contributed by atoms with Gasteiger partial charge in [-0.1, -0.05) is 13.3 Å². The topological polar surface area (TPSA) is 24.1 Å². The Balaban J connectivity index is 2.49. The number of thiocarbonyl (C=S) groups is 1. The molecule has 2 N–H and O–H groups in total. The first-order chi connectivity index (χ1) is 7.63. The minimum atomic E-state index is -0.276. The predicted molar refractivity (Wildman–Crippen MR) is 73.2 cm³/mol. The zero-order valence-corrected chi connectivity index (χ0v) is 11.4. The van der Waals surface area contributed by atoms with E-state index in [4.69, 9.17) is 12.2 Å². The number of unbranched alkanes of at least 4 members (excludes halogenated alkanes) is 1. The maximum atomic E-state index is 12.8. The fraction of sp³-hybridized carbons (Fsp3) is 0.364. The number of benzene rings is 1. The van der Waals surface area contributed by atoms with Crippen molar-refractivity contribution in [2.45, 2.75) is 19.8 Å². The van der Waals surface area contributed by atoms with Crippen molar-refractivity contribution in [1.29, 1.82) is 0 Å². The largest absolute Gasteiger partial charge is 0.362 e. The molecule has 2 nitrogen and oxygen atoms in total. The molecular formula is C11H14BrFN2S. The van der Waals surface area contributed by atoms with Crippen LogP contribution in [0.2, 0.25) is 0 Å². The van der Waals surface area contributed by atoms with Crippen LogP contribution in [0.3, 0.4) is 0 Å². The van der Waals surface area contributed by atoms with Gasteiger partial charge in [-0.25, -0.2) is 4.39 Å². The maximum absolute atomic E-state index is 12.8. The van der Waals surface area contributed by atoms with E-state index in [1.165, 1.54) is 12.1 Å². The molecule has 0 aromatic heterocycles.